The summed E-state index contributed by atoms with van der Waals surface area (Å²) in [4.78, 5) is 28.4. The van der Waals surface area contributed by atoms with Gasteiger partial charge in [0.2, 0.25) is 5.91 Å². The standard InChI is InChI=1S/C20H21N3O4S/c24-18(21-9-5-10-26-13-17-8-4-11-27-17)12-16-14-28-20(22-16)23-19(25)15-6-2-1-3-7-15/h1-4,6-8,11,14H,5,9-10,12-13H2,(H,21,24)(H,22,23,25). The fraction of sp³-hybridized carbons (Fsp3) is 0.250. The molecule has 8 heteroatoms. The number of amides is 2. The number of hydrogen-bond acceptors (Lipinski definition) is 6. The van der Waals surface area contributed by atoms with E-state index in [4.69, 9.17) is 9.15 Å². The molecule has 3 aromatic rings. The molecule has 0 unspecified atom stereocenters. The van der Waals surface area contributed by atoms with E-state index < -0.39 is 0 Å². The Labute approximate surface area is 166 Å². The number of furan rings is 1. The van der Waals surface area contributed by atoms with E-state index in [2.05, 4.69) is 15.6 Å². The molecule has 3 rings (SSSR count). The second-order valence-electron chi connectivity index (χ2n) is 5.98. The molecule has 0 saturated heterocycles. The third-order valence-corrected chi connectivity index (χ3v) is 4.57. The quantitative estimate of drug-likeness (QED) is 0.511. The molecule has 2 amide bonds. The molecule has 28 heavy (non-hydrogen) atoms. The van der Waals surface area contributed by atoms with Crippen LogP contribution in [0.1, 0.15) is 28.2 Å². The van der Waals surface area contributed by atoms with Gasteiger partial charge in [0.15, 0.2) is 5.13 Å². The smallest absolute Gasteiger partial charge is 0.257 e. The maximum absolute atomic E-state index is 12.1. The van der Waals surface area contributed by atoms with Crippen molar-refractivity contribution in [1.82, 2.24) is 10.3 Å². The van der Waals surface area contributed by atoms with Gasteiger partial charge in [0.25, 0.3) is 5.91 Å². The number of anilines is 1. The van der Waals surface area contributed by atoms with Crippen LogP contribution in [0.15, 0.2) is 58.5 Å². The molecule has 0 fully saturated rings. The average molecular weight is 399 g/mol. The fourth-order valence-corrected chi connectivity index (χ4v) is 3.11. The first kappa shape index (κ1) is 19.8. The lowest BCUT2D eigenvalue weighted by molar-refractivity contribution is -0.120. The van der Waals surface area contributed by atoms with E-state index >= 15 is 0 Å². The number of nitrogens with one attached hydrogen (secondary N) is 2. The minimum absolute atomic E-state index is 0.114. The Morgan fingerprint density at radius 1 is 1.14 bits per heavy atom. The van der Waals surface area contributed by atoms with Gasteiger partial charge in [0, 0.05) is 24.1 Å². The van der Waals surface area contributed by atoms with E-state index in [0.717, 1.165) is 5.76 Å². The van der Waals surface area contributed by atoms with Crippen molar-refractivity contribution in [1.29, 1.82) is 0 Å². The average Bonchev–Trinajstić information content (AvgIpc) is 3.37. The van der Waals surface area contributed by atoms with Crippen LogP contribution in [-0.2, 0) is 22.6 Å². The topological polar surface area (TPSA) is 93.5 Å². The van der Waals surface area contributed by atoms with E-state index in [9.17, 15) is 9.59 Å². The molecule has 146 valence electrons. The molecule has 0 radical (unpaired) electrons. The summed E-state index contributed by atoms with van der Waals surface area (Å²) >= 11 is 1.30. The first-order valence-corrected chi connectivity index (χ1v) is 9.76. The zero-order valence-electron chi connectivity index (χ0n) is 15.2. The second kappa shape index (κ2) is 10.4. The van der Waals surface area contributed by atoms with Crippen LogP contribution in [0.4, 0.5) is 5.13 Å². The number of thiazole rings is 1. The van der Waals surface area contributed by atoms with Crippen molar-refractivity contribution < 1.29 is 18.7 Å². The summed E-state index contributed by atoms with van der Waals surface area (Å²) in [5.41, 5.74) is 1.19. The van der Waals surface area contributed by atoms with Crippen molar-refractivity contribution in [2.75, 3.05) is 18.5 Å². The minimum atomic E-state index is -0.222. The third kappa shape index (κ3) is 6.33. The molecule has 7 nitrogen and oxygen atoms in total. The lowest BCUT2D eigenvalue weighted by Crippen LogP contribution is -2.27. The first-order chi connectivity index (χ1) is 13.7. The number of carbonyl (C=O) groups is 2. The molecule has 0 bridgehead atoms. The summed E-state index contributed by atoms with van der Waals surface area (Å²) in [6, 6.07) is 12.6. The molecule has 0 saturated carbocycles. The molecule has 0 aliphatic rings. The molecule has 0 aliphatic heterocycles. The minimum Gasteiger partial charge on any atom is -0.467 e. The normalized spacial score (nSPS) is 10.6. The molecule has 0 aliphatic carbocycles. The highest BCUT2D eigenvalue weighted by molar-refractivity contribution is 7.14. The van der Waals surface area contributed by atoms with Gasteiger partial charge in [-0.15, -0.1) is 11.3 Å². The Kier molecular flexibility index (Phi) is 7.34. The van der Waals surface area contributed by atoms with Crippen molar-refractivity contribution in [3.05, 3.63) is 71.1 Å². The number of benzene rings is 1. The van der Waals surface area contributed by atoms with Gasteiger partial charge in [0.1, 0.15) is 12.4 Å². The van der Waals surface area contributed by atoms with Crippen molar-refractivity contribution in [2.24, 2.45) is 0 Å². The number of ether oxygens (including phenoxy) is 1. The number of carbonyl (C=O) groups excluding carboxylic acids is 2. The highest BCUT2D eigenvalue weighted by Crippen LogP contribution is 2.17. The summed E-state index contributed by atoms with van der Waals surface area (Å²) in [7, 11) is 0. The van der Waals surface area contributed by atoms with Crippen molar-refractivity contribution >= 4 is 28.3 Å². The number of rotatable bonds is 10. The van der Waals surface area contributed by atoms with Crippen molar-refractivity contribution in [3.63, 3.8) is 0 Å². The van der Waals surface area contributed by atoms with Crippen molar-refractivity contribution in [2.45, 2.75) is 19.4 Å². The van der Waals surface area contributed by atoms with E-state index in [1.54, 1.807) is 35.9 Å². The van der Waals surface area contributed by atoms with Crippen molar-refractivity contribution in [3.8, 4) is 0 Å². The summed E-state index contributed by atoms with van der Waals surface area (Å²) in [5.74, 6) is 0.445. The Morgan fingerprint density at radius 2 is 2.00 bits per heavy atom. The summed E-state index contributed by atoms with van der Waals surface area (Å²) in [5, 5.41) is 7.82. The SMILES string of the molecule is O=C(Cc1csc(NC(=O)c2ccccc2)n1)NCCCOCc1ccco1. The van der Waals surface area contributed by atoms with Crippen LogP contribution in [-0.4, -0.2) is 29.9 Å². The first-order valence-electron chi connectivity index (χ1n) is 8.88. The van der Waals surface area contributed by atoms with E-state index in [1.165, 1.54) is 11.3 Å². The molecule has 1 aromatic carbocycles. The van der Waals surface area contributed by atoms with E-state index in [1.807, 2.05) is 18.2 Å². The lowest BCUT2D eigenvalue weighted by atomic mass is 10.2. The molecular weight excluding hydrogens is 378 g/mol. The number of aromatic nitrogens is 1. The third-order valence-electron chi connectivity index (χ3n) is 3.76. The highest BCUT2D eigenvalue weighted by atomic mass is 32.1. The summed E-state index contributed by atoms with van der Waals surface area (Å²) in [6.07, 6.45) is 2.49. The van der Waals surface area contributed by atoms with Gasteiger partial charge in [-0.2, -0.15) is 0 Å². The zero-order chi connectivity index (χ0) is 19.6. The van der Waals surface area contributed by atoms with Gasteiger partial charge in [-0.1, -0.05) is 18.2 Å². The van der Waals surface area contributed by atoms with Crippen LogP contribution < -0.4 is 10.6 Å². The highest BCUT2D eigenvalue weighted by Gasteiger charge is 2.11. The van der Waals surface area contributed by atoms with Gasteiger partial charge in [-0.3, -0.25) is 14.9 Å². The Hall–Kier alpha value is -2.97. The van der Waals surface area contributed by atoms with Crippen LogP contribution in [0.3, 0.4) is 0 Å². The summed E-state index contributed by atoms with van der Waals surface area (Å²) < 4.78 is 10.6. The largest absolute Gasteiger partial charge is 0.467 e. The van der Waals surface area contributed by atoms with Gasteiger partial charge < -0.3 is 14.5 Å². The number of nitrogens with zero attached hydrogens (tertiary/aromatic N) is 1. The molecule has 2 aromatic heterocycles. The van der Waals surface area contributed by atoms with E-state index in [0.29, 0.717) is 42.6 Å². The predicted molar refractivity (Wildman–Crippen MR) is 106 cm³/mol. The van der Waals surface area contributed by atoms with Gasteiger partial charge in [-0.05, 0) is 30.7 Å². The second-order valence-corrected chi connectivity index (χ2v) is 6.83. The van der Waals surface area contributed by atoms with Gasteiger partial charge >= 0.3 is 0 Å². The Balaban J connectivity index is 1.33. The summed E-state index contributed by atoms with van der Waals surface area (Å²) in [6.45, 7) is 1.49. The molecular formula is C20H21N3O4S. The predicted octanol–water partition coefficient (Wildman–Crippen LogP) is 3.25. The molecule has 2 heterocycles. The Morgan fingerprint density at radius 3 is 2.79 bits per heavy atom. The Bertz CT molecular complexity index is 878. The van der Waals surface area contributed by atoms with Crippen LogP contribution >= 0.6 is 11.3 Å². The zero-order valence-corrected chi connectivity index (χ0v) is 16.0. The number of hydrogen-bond donors (Lipinski definition) is 2. The molecule has 0 atom stereocenters. The van der Waals surface area contributed by atoms with Gasteiger partial charge in [-0.25, -0.2) is 4.98 Å². The lowest BCUT2D eigenvalue weighted by Gasteiger charge is -2.05. The maximum Gasteiger partial charge on any atom is 0.257 e. The van der Waals surface area contributed by atoms with Gasteiger partial charge in [0.05, 0.1) is 18.4 Å². The fourth-order valence-electron chi connectivity index (χ4n) is 2.40. The maximum atomic E-state index is 12.1. The van der Waals surface area contributed by atoms with Crippen LogP contribution in [0.2, 0.25) is 0 Å². The van der Waals surface area contributed by atoms with Crippen LogP contribution in [0.25, 0.3) is 0 Å². The van der Waals surface area contributed by atoms with E-state index in [-0.39, 0.29) is 18.2 Å². The van der Waals surface area contributed by atoms with Crippen LogP contribution in [0.5, 0.6) is 0 Å². The monoisotopic (exact) mass is 399 g/mol. The molecule has 2 N–H and O–H groups in total. The molecule has 0 spiro atoms. The van der Waals surface area contributed by atoms with Crippen LogP contribution in [0, 0.1) is 0 Å².